The highest BCUT2D eigenvalue weighted by atomic mass is 16.2. The van der Waals surface area contributed by atoms with Gasteiger partial charge in [-0.25, -0.2) is 0 Å². The average molecular weight is 395 g/mol. The van der Waals surface area contributed by atoms with Gasteiger partial charge in [0.1, 0.15) is 6.04 Å². The maximum Gasteiger partial charge on any atom is 0.242 e. The van der Waals surface area contributed by atoms with E-state index in [1.165, 1.54) is 11.1 Å². The summed E-state index contributed by atoms with van der Waals surface area (Å²) in [6.07, 6.45) is 0.872. The highest BCUT2D eigenvalue weighted by Gasteiger charge is 2.28. The molecule has 0 saturated heterocycles. The molecule has 0 spiro atoms. The molecule has 4 heteroatoms. The minimum atomic E-state index is -0.479. The number of benzene rings is 2. The summed E-state index contributed by atoms with van der Waals surface area (Å²) in [5.74, 6) is 0.263. The summed E-state index contributed by atoms with van der Waals surface area (Å²) in [5, 5.41) is 3.00. The van der Waals surface area contributed by atoms with Crippen LogP contribution < -0.4 is 5.32 Å². The van der Waals surface area contributed by atoms with E-state index in [9.17, 15) is 9.59 Å². The number of carbonyl (C=O) groups excluding carboxylic acids is 2. The summed E-state index contributed by atoms with van der Waals surface area (Å²) in [4.78, 5) is 27.9. The molecule has 1 N–H and O–H groups in total. The Bertz CT molecular complexity index is 815. The zero-order valence-electron chi connectivity index (χ0n) is 18.4. The predicted octanol–water partition coefficient (Wildman–Crippen LogP) is 4.43. The molecule has 2 aromatic carbocycles. The smallest absolute Gasteiger partial charge is 0.242 e. The van der Waals surface area contributed by atoms with Gasteiger partial charge in [-0.3, -0.25) is 9.59 Å². The van der Waals surface area contributed by atoms with E-state index >= 15 is 0 Å². The van der Waals surface area contributed by atoms with E-state index in [0.717, 1.165) is 11.1 Å². The standard InChI is InChI=1S/C25H34N2O2/c1-6-23(25(29)26-16-18(2)3)27(17-21-10-8-7-9-11-21)24(28)15-22-13-12-19(4)20(5)14-22/h7-14,18,23H,6,15-17H2,1-5H3,(H,26,29). The van der Waals surface area contributed by atoms with E-state index in [2.05, 4.69) is 39.1 Å². The molecule has 2 amide bonds. The zero-order valence-corrected chi connectivity index (χ0v) is 18.4. The second-order valence-electron chi connectivity index (χ2n) is 8.17. The number of nitrogens with zero attached hydrogens (tertiary/aromatic N) is 1. The van der Waals surface area contributed by atoms with Gasteiger partial charge in [-0.1, -0.05) is 69.3 Å². The van der Waals surface area contributed by atoms with Gasteiger partial charge < -0.3 is 10.2 Å². The normalized spacial score (nSPS) is 11.9. The maximum atomic E-state index is 13.3. The van der Waals surface area contributed by atoms with Gasteiger partial charge >= 0.3 is 0 Å². The number of nitrogens with one attached hydrogen (secondary N) is 1. The molecule has 156 valence electrons. The molecule has 0 aliphatic carbocycles. The van der Waals surface area contributed by atoms with Crippen molar-refractivity contribution in [2.24, 2.45) is 5.92 Å². The number of hydrogen-bond acceptors (Lipinski definition) is 2. The van der Waals surface area contributed by atoms with Crippen molar-refractivity contribution in [1.82, 2.24) is 10.2 Å². The van der Waals surface area contributed by atoms with Gasteiger partial charge in [-0.2, -0.15) is 0 Å². The quantitative estimate of drug-likeness (QED) is 0.684. The van der Waals surface area contributed by atoms with E-state index in [1.807, 2.05) is 49.4 Å². The molecule has 0 bridgehead atoms. The maximum absolute atomic E-state index is 13.3. The van der Waals surface area contributed by atoms with Crippen molar-refractivity contribution in [2.75, 3.05) is 6.54 Å². The molecular weight excluding hydrogens is 360 g/mol. The van der Waals surface area contributed by atoms with Crippen molar-refractivity contribution in [3.05, 3.63) is 70.8 Å². The van der Waals surface area contributed by atoms with Gasteiger partial charge in [-0.05, 0) is 48.4 Å². The lowest BCUT2D eigenvalue weighted by Crippen LogP contribution is -2.50. The van der Waals surface area contributed by atoms with Crippen LogP contribution >= 0.6 is 0 Å². The Kier molecular flexibility index (Phi) is 8.44. The first-order valence-electron chi connectivity index (χ1n) is 10.5. The molecule has 0 radical (unpaired) electrons. The summed E-state index contributed by atoms with van der Waals surface area (Å²) in [6.45, 7) is 11.2. The van der Waals surface area contributed by atoms with Crippen molar-refractivity contribution in [3.63, 3.8) is 0 Å². The Morgan fingerprint density at radius 2 is 1.66 bits per heavy atom. The predicted molar refractivity (Wildman–Crippen MR) is 119 cm³/mol. The lowest BCUT2D eigenvalue weighted by Gasteiger charge is -2.31. The minimum Gasteiger partial charge on any atom is -0.354 e. The van der Waals surface area contributed by atoms with Crippen LogP contribution in [0.3, 0.4) is 0 Å². The van der Waals surface area contributed by atoms with Gasteiger partial charge in [0.05, 0.1) is 6.42 Å². The van der Waals surface area contributed by atoms with Crippen molar-refractivity contribution < 1.29 is 9.59 Å². The van der Waals surface area contributed by atoms with Crippen LogP contribution in [0.1, 0.15) is 49.4 Å². The Morgan fingerprint density at radius 1 is 0.966 bits per heavy atom. The number of aryl methyl sites for hydroxylation is 2. The van der Waals surface area contributed by atoms with E-state index < -0.39 is 6.04 Å². The second-order valence-corrected chi connectivity index (χ2v) is 8.17. The minimum absolute atomic E-state index is 0.0244. The number of carbonyl (C=O) groups is 2. The van der Waals surface area contributed by atoms with Crippen LogP contribution in [0.2, 0.25) is 0 Å². The molecule has 0 aliphatic heterocycles. The third-order valence-corrected chi connectivity index (χ3v) is 5.19. The van der Waals surface area contributed by atoms with Crippen molar-refractivity contribution in [1.29, 1.82) is 0 Å². The Morgan fingerprint density at radius 3 is 2.24 bits per heavy atom. The Balaban J connectivity index is 2.25. The fourth-order valence-electron chi connectivity index (χ4n) is 3.31. The van der Waals surface area contributed by atoms with E-state index in [-0.39, 0.29) is 11.8 Å². The molecule has 0 aromatic heterocycles. The fraction of sp³-hybridized carbons (Fsp3) is 0.440. The van der Waals surface area contributed by atoms with Crippen LogP contribution in [-0.4, -0.2) is 29.3 Å². The molecule has 1 unspecified atom stereocenters. The van der Waals surface area contributed by atoms with Gasteiger partial charge in [0.2, 0.25) is 11.8 Å². The lowest BCUT2D eigenvalue weighted by molar-refractivity contribution is -0.141. The van der Waals surface area contributed by atoms with Gasteiger partial charge in [0.25, 0.3) is 0 Å². The van der Waals surface area contributed by atoms with E-state index in [0.29, 0.717) is 31.8 Å². The van der Waals surface area contributed by atoms with Crippen LogP contribution in [0, 0.1) is 19.8 Å². The molecule has 1 atom stereocenters. The fourth-order valence-corrected chi connectivity index (χ4v) is 3.31. The van der Waals surface area contributed by atoms with Crippen LogP contribution in [0.25, 0.3) is 0 Å². The highest BCUT2D eigenvalue weighted by molar-refractivity contribution is 5.88. The van der Waals surface area contributed by atoms with Gasteiger partial charge in [0.15, 0.2) is 0 Å². The third kappa shape index (κ3) is 6.74. The molecule has 0 aliphatic rings. The largest absolute Gasteiger partial charge is 0.354 e. The van der Waals surface area contributed by atoms with Crippen LogP contribution in [-0.2, 0) is 22.6 Å². The molecule has 2 rings (SSSR count). The molecular formula is C25H34N2O2. The summed E-state index contributed by atoms with van der Waals surface area (Å²) in [5.41, 5.74) is 4.39. The first kappa shape index (κ1) is 22.7. The van der Waals surface area contributed by atoms with E-state index in [1.54, 1.807) is 4.90 Å². The molecule has 0 saturated carbocycles. The molecule has 2 aromatic rings. The summed E-state index contributed by atoms with van der Waals surface area (Å²) in [7, 11) is 0. The van der Waals surface area contributed by atoms with E-state index in [4.69, 9.17) is 0 Å². The van der Waals surface area contributed by atoms with Crippen molar-refractivity contribution >= 4 is 11.8 Å². The van der Waals surface area contributed by atoms with Crippen LogP contribution in [0.4, 0.5) is 0 Å². The number of hydrogen-bond donors (Lipinski definition) is 1. The topological polar surface area (TPSA) is 49.4 Å². The summed E-state index contributed by atoms with van der Waals surface area (Å²) >= 11 is 0. The third-order valence-electron chi connectivity index (χ3n) is 5.19. The molecule has 29 heavy (non-hydrogen) atoms. The number of rotatable bonds is 9. The molecule has 4 nitrogen and oxygen atoms in total. The summed E-state index contributed by atoms with van der Waals surface area (Å²) in [6, 6.07) is 15.5. The van der Waals surface area contributed by atoms with Gasteiger partial charge in [0, 0.05) is 13.1 Å². The molecule has 0 heterocycles. The zero-order chi connectivity index (χ0) is 21.4. The molecule has 0 fully saturated rings. The Hall–Kier alpha value is -2.62. The van der Waals surface area contributed by atoms with Crippen molar-refractivity contribution in [3.8, 4) is 0 Å². The Labute approximate surface area is 175 Å². The second kappa shape index (κ2) is 10.8. The van der Waals surface area contributed by atoms with Crippen LogP contribution in [0.5, 0.6) is 0 Å². The van der Waals surface area contributed by atoms with Gasteiger partial charge in [-0.15, -0.1) is 0 Å². The van der Waals surface area contributed by atoms with Crippen LogP contribution in [0.15, 0.2) is 48.5 Å². The summed E-state index contributed by atoms with van der Waals surface area (Å²) < 4.78 is 0. The lowest BCUT2D eigenvalue weighted by atomic mass is 10.0. The van der Waals surface area contributed by atoms with Crippen molar-refractivity contribution in [2.45, 2.75) is 60.0 Å². The monoisotopic (exact) mass is 394 g/mol. The first-order valence-corrected chi connectivity index (χ1v) is 10.5. The number of amides is 2. The first-order chi connectivity index (χ1) is 13.8. The SMILES string of the molecule is CCC(C(=O)NCC(C)C)N(Cc1ccccc1)C(=O)Cc1ccc(C)c(C)c1. The highest BCUT2D eigenvalue weighted by Crippen LogP contribution is 2.16. The average Bonchev–Trinajstić information content (AvgIpc) is 2.69.